The summed E-state index contributed by atoms with van der Waals surface area (Å²) in [6.07, 6.45) is 1.81. The summed E-state index contributed by atoms with van der Waals surface area (Å²) < 4.78 is 0. The Labute approximate surface area is 124 Å². The van der Waals surface area contributed by atoms with Gasteiger partial charge in [0.05, 0.1) is 6.54 Å². The lowest BCUT2D eigenvalue weighted by atomic mass is 10.4. The van der Waals surface area contributed by atoms with Gasteiger partial charge >= 0.3 is 0 Å². The molecule has 5 heteroatoms. The topological polar surface area (TPSA) is 36.4 Å². The van der Waals surface area contributed by atoms with Gasteiger partial charge in [0.2, 0.25) is 0 Å². The predicted molar refractivity (Wildman–Crippen MR) is 86.4 cm³/mol. The van der Waals surface area contributed by atoms with Crippen molar-refractivity contribution in [3.8, 4) is 0 Å². The molecular weight excluding hydrogens is 278 g/mol. The average molecular weight is 298 g/mol. The first kappa shape index (κ1) is 15.9. The number of hydrogen-bond donors (Lipinski definition) is 2. The van der Waals surface area contributed by atoms with Gasteiger partial charge in [0.25, 0.3) is 0 Å². The highest BCUT2D eigenvalue weighted by Gasteiger charge is 1.96. The van der Waals surface area contributed by atoms with Crippen molar-refractivity contribution in [3.63, 3.8) is 0 Å². The van der Waals surface area contributed by atoms with Gasteiger partial charge in [-0.15, -0.1) is 18.3 Å². The zero-order chi connectivity index (χ0) is 13.9. The Morgan fingerprint density at radius 1 is 1.37 bits per heavy atom. The minimum atomic E-state index is 0.718. The molecule has 0 spiro atoms. The SMILES string of the molecule is C=CCNC(=NCCSc1ccc(Cl)cc1)NCC. The van der Waals surface area contributed by atoms with Crippen LogP contribution in [0.1, 0.15) is 6.92 Å². The van der Waals surface area contributed by atoms with Crippen LogP contribution in [-0.4, -0.2) is 31.3 Å². The zero-order valence-electron chi connectivity index (χ0n) is 11.2. The van der Waals surface area contributed by atoms with E-state index in [1.807, 2.05) is 37.3 Å². The smallest absolute Gasteiger partial charge is 0.191 e. The van der Waals surface area contributed by atoms with E-state index in [-0.39, 0.29) is 0 Å². The summed E-state index contributed by atoms with van der Waals surface area (Å²) in [4.78, 5) is 5.70. The number of guanidine groups is 1. The maximum absolute atomic E-state index is 5.84. The monoisotopic (exact) mass is 297 g/mol. The lowest BCUT2D eigenvalue weighted by Crippen LogP contribution is -2.37. The maximum atomic E-state index is 5.84. The van der Waals surface area contributed by atoms with Gasteiger partial charge < -0.3 is 10.6 Å². The Morgan fingerprint density at radius 3 is 2.74 bits per heavy atom. The molecule has 0 atom stereocenters. The van der Waals surface area contributed by atoms with Gasteiger partial charge in [0.15, 0.2) is 5.96 Å². The molecule has 0 amide bonds. The van der Waals surface area contributed by atoms with Gasteiger partial charge in [0.1, 0.15) is 0 Å². The van der Waals surface area contributed by atoms with E-state index in [1.54, 1.807) is 11.8 Å². The molecule has 0 heterocycles. The number of nitrogens with one attached hydrogen (secondary N) is 2. The molecule has 1 aromatic carbocycles. The number of thioether (sulfide) groups is 1. The van der Waals surface area contributed by atoms with Crippen LogP contribution in [0.3, 0.4) is 0 Å². The number of halogens is 1. The first-order valence-corrected chi connectivity index (χ1v) is 7.64. The molecule has 3 nitrogen and oxygen atoms in total. The molecule has 0 fully saturated rings. The summed E-state index contributed by atoms with van der Waals surface area (Å²) in [6.45, 7) is 8.06. The summed E-state index contributed by atoms with van der Waals surface area (Å²) in [5.41, 5.74) is 0. The number of hydrogen-bond acceptors (Lipinski definition) is 2. The van der Waals surface area contributed by atoms with Crippen LogP contribution in [0.2, 0.25) is 5.02 Å². The van der Waals surface area contributed by atoms with E-state index in [9.17, 15) is 0 Å². The average Bonchev–Trinajstić information content (AvgIpc) is 2.42. The summed E-state index contributed by atoms with van der Waals surface area (Å²) in [5, 5.41) is 7.13. The number of aliphatic imine (C=N–C) groups is 1. The van der Waals surface area contributed by atoms with Crippen molar-refractivity contribution in [3.05, 3.63) is 41.9 Å². The van der Waals surface area contributed by atoms with Crippen molar-refractivity contribution >= 4 is 29.3 Å². The number of nitrogens with zero attached hydrogens (tertiary/aromatic N) is 1. The van der Waals surface area contributed by atoms with Crippen molar-refractivity contribution in [2.24, 2.45) is 4.99 Å². The van der Waals surface area contributed by atoms with Gasteiger partial charge in [0, 0.05) is 28.8 Å². The molecule has 0 aliphatic heterocycles. The van der Waals surface area contributed by atoms with Crippen molar-refractivity contribution < 1.29 is 0 Å². The molecular formula is C14H20ClN3S. The standard InChI is InChI=1S/C14H20ClN3S/c1-3-9-17-14(16-4-2)18-10-11-19-13-7-5-12(15)6-8-13/h3,5-8H,1,4,9-11H2,2H3,(H2,16,17,18). The van der Waals surface area contributed by atoms with Crippen LogP contribution in [0.5, 0.6) is 0 Å². The van der Waals surface area contributed by atoms with Crippen molar-refractivity contribution in [1.82, 2.24) is 10.6 Å². The van der Waals surface area contributed by atoms with Gasteiger partial charge in [-0.25, -0.2) is 0 Å². The minimum Gasteiger partial charge on any atom is -0.357 e. The molecule has 19 heavy (non-hydrogen) atoms. The van der Waals surface area contributed by atoms with Crippen LogP contribution < -0.4 is 10.6 Å². The molecule has 1 rings (SSSR count). The molecule has 0 aliphatic carbocycles. The van der Waals surface area contributed by atoms with Gasteiger partial charge in [-0.3, -0.25) is 4.99 Å². The molecule has 0 saturated heterocycles. The normalized spacial score (nSPS) is 11.2. The number of rotatable bonds is 7. The molecule has 0 unspecified atom stereocenters. The fourth-order valence-electron chi connectivity index (χ4n) is 1.36. The van der Waals surface area contributed by atoms with E-state index >= 15 is 0 Å². The van der Waals surface area contributed by atoms with Gasteiger partial charge in [-0.2, -0.15) is 0 Å². The van der Waals surface area contributed by atoms with Crippen LogP contribution >= 0.6 is 23.4 Å². The second-order valence-corrected chi connectivity index (χ2v) is 5.34. The van der Waals surface area contributed by atoms with E-state index in [0.29, 0.717) is 0 Å². The molecule has 0 bridgehead atoms. The maximum Gasteiger partial charge on any atom is 0.191 e. The minimum absolute atomic E-state index is 0.718. The van der Waals surface area contributed by atoms with Crippen molar-refractivity contribution in [2.45, 2.75) is 11.8 Å². The molecule has 2 N–H and O–H groups in total. The fourth-order valence-corrected chi connectivity index (χ4v) is 2.24. The molecule has 1 aromatic rings. The van der Waals surface area contributed by atoms with Crippen LogP contribution in [0.4, 0.5) is 0 Å². The quantitative estimate of drug-likeness (QED) is 0.267. The molecule has 0 saturated carbocycles. The van der Waals surface area contributed by atoms with E-state index in [2.05, 4.69) is 22.2 Å². The van der Waals surface area contributed by atoms with E-state index in [4.69, 9.17) is 11.6 Å². The third kappa shape index (κ3) is 7.13. The Hall–Kier alpha value is -1.13. The Bertz CT molecular complexity index is 404. The highest BCUT2D eigenvalue weighted by atomic mass is 35.5. The first-order valence-electron chi connectivity index (χ1n) is 6.27. The van der Waals surface area contributed by atoms with Crippen molar-refractivity contribution in [1.29, 1.82) is 0 Å². The zero-order valence-corrected chi connectivity index (χ0v) is 12.7. The molecule has 104 valence electrons. The number of benzene rings is 1. The van der Waals surface area contributed by atoms with Gasteiger partial charge in [-0.05, 0) is 31.2 Å². The van der Waals surface area contributed by atoms with Crippen molar-refractivity contribution in [2.75, 3.05) is 25.4 Å². The summed E-state index contributed by atoms with van der Waals surface area (Å²) in [7, 11) is 0. The highest BCUT2D eigenvalue weighted by molar-refractivity contribution is 7.99. The molecule has 0 radical (unpaired) electrons. The fraction of sp³-hybridized carbons (Fsp3) is 0.357. The molecule has 0 aromatic heterocycles. The lowest BCUT2D eigenvalue weighted by molar-refractivity contribution is 0.868. The van der Waals surface area contributed by atoms with Crippen LogP contribution in [0.25, 0.3) is 0 Å². The lowest BCUT2D eigenvalue weighted by Gasteiger charge is -2.09. The summed E-state index contributed by atoms with van der Waals surface area (Å²) in [6, 6.07) is 7.86. The predicted octanol–water partition coefficient (Wildman–Crippen LogP) is 3.17. The Morgan fingerprint density at radius 2 is 2.11 bits per heavy atom. The van der Waals surface area contributed by atoms with E-state index < -0.39 is 0 Å². The Kier molecular flexibility index (Phi) is 8.18. The third-order valence-corrected chi connectivity index (χ3v) is 3.45. The van der Waals surface area contributed by atoms with Crippen LogP contribution in [0, 0.1) is 0 Å². The third-order valence-electron chi connectivity index (χ3n) is 2.20. The largest absolute Gasteiger partial charge is 0.357 e. The molecule has 0 aliphatic rings. The van der Waals surface area contributed by atoms with E-state index in [1.165, 1.54) is 4.90 Å². The second kappa shape index (κ2) is 9.75. The summed E-state index contributed by atoms with van der Waals surface area (Å²) in [5.74, 6) is 1.77. The highest BCUT2D eigenvalue weighted by Crippen LogP contribution is 2.19. The summed E-state index contributed by atoms with van der Waals surface area (Å²) >= 11 is 7.61. The first-order chi connectivity index (χ1) is 9.26. The van der Waals surface area contributed by atoms with Crippen LogP contribution in [-0.2, 0) is 0 Å². The Balaban J connectivity index is 2.33. The van der Waals surface area contributed by atoms with Crippen LogP contribution in [0.15, 0.2) is 46.8 Å². The second-order valence-electron chi connectivity index (χ2n) is 3.73. The van der Waals surface area contributed by atoms with E-state index in [0.717, 1.165) is 36.4 Å². The van der Waals surface area contributed by atoms with Gasteiger partial charge in [-0.1, -0.05) is 17.7 Å².